The number of hydrogen-bond donors (Lipinski definition) is 2. The number of nitrogens with one attached hydrogen (secondary N) is 1. The van der Waals surface area contributed by atoms with E-state index in [2.05, 4.69) is 9.88 Å². The smallest absolute Gasteiger partial charge is 0.257 e. The fraction of sp³-hybridized carbons (Fsp3) is 0.190. The van der Waals surface area contributed by atoms with Gasteiger partial charge in [0.05, 0.1) is 12.2 Å². The highest BCUT2D eigenvalue weighted by Crippen LogP contribution is 2.22. The van der Waals surface area contributed by atoms with Gasteiger partial charge in [-0.3, -0.25) is 4.79 Å². The average Bonchev–Trinajstić information content (AvgIpc) is 2.96. The third-order valence-electron chi connectivity index (χ3n) is 4.16. The van der Waals surface area contributed by atoms with Crippen LogP contribution in [0.15, 0.2) is 60.7 Å². The van der Waals surface area contributed by atoms with Crippen molar-refractivity contribution in [2.24, 2.45) is 0 Å². The number of anilines is 1. The van der Waals surface area contributed by atoms with Crippen molar-refractivity contribution in [3.63, 3.8) is 0 Å². The second kappa shape index (κ2) is 7.89. The standard InChI is InChI=1S/C21H22N2O3/c1-15-14-20(16(2)23(15)18-6-4-3-5-7-18)21(25)22-17-8-10-19(11-9-17)26-13-12-24/h3-11,14,24H,12-13H2,1-2H3,(H,22,25). The van der Waals surface area contributed by atoms with E-state index in [0.717, 1.165) is 17.1 Å². The summed E-state index contributed by atoms with van der Waals surface area (Å²) in [4.78, 5) is 12.7. The highest BCUT2D eigenvalue weighted by molar-refractivity contribution is 6.05. The van der Waals surface area contributed by atoms with E-state index in [0.29, 0.717) is 17.0 Å². The Balaban J connectivity index is 1.78. The average molecular weight is 350 g/mol. The Morgan fingerprint density at radius 2 is 1.77 bits per heavy atom. The monoisotopic (exact) mass is 350 g/mol. The molecule has 3 rings (SSSR count). The Morgan fingerprint density at radius 3 is 2.42 bits per heavy atom. The molecule has 2 aromatic carbocycles. The largest absolute Gasteiger partial charge is 0.491 e. The lowest BCUT2D eigenvalue weighted by molar-refractivity contribution is 0.102. The topological polar surface area (TPSA) is 63.5 Å². The molecule has 3 aromatic rings. The molecule has 0 fully saturated rings. The lowest BCUT2D eigenvalue weighted by Gasteiger charge is -2.10. The zero-order chi connectivity index (χ0) is 18.5. The van der Waals surface area contributed by atoms with E-state index >= 15 is 0 Å². The number of para-hydroxylation sites is 1. The molecule has 1 amide bonds. The van der Waals surface area contributed by atoms with E-state index in [9.17, 15) is 4.79 Å². The number of nitrogens with zero attached hydrogens (tertiary/aromatic N) is 1. The van der Waals surface area contributed by atoms with Crippen LogP contribution >= 0.6 is 0 Å². The van der Waals surface area contributed by atoms with E-state index in [4.69, 9.17) is 9.84 Å². The van der Waals surface area contributed by atoms with Gasteiger partial charge in [0.15, 0.2) is 0 Å². The van der Waals surface area contributed by atoms with Gasteiger partial charge in [-0.1, -0.05) is 18.2 Å². The Morgan fingerprint density at radius 1 is 1.08 bits per heavy atom. The van der Waals surface area contributed by atoms with Crippen LogP contribution in [-0.2, 0) is 0 Å². The van der Waals surface area contributed by atoms with Crippen LogP contribution in [0.1, 0.15) is 21.7 Å². The molecule has 2 N–H and O–H groups in total. The van der Waals surface area contributed by atoms with Crippen molar-refractivity contribution in [1.29, 1.82) is 0 Å². The zero-order valence-electron chi connectivity index (χ0n) is 14.9. The second-order valence-corrected chi connectivity index (χ2v) is 6.01. The first kappa shape index (κ1) is 17.8. The lowest BCUT2D eigenvalue weighted by atomic mass is 10.2. The fourth-order valence-corrected chi connectivity index (χ4v) is 2.96. The third kappa shape index (κ3) is 3.78. The lowest BCUT2D eigenvalue weighted by Crippen LogP contribution is -2.13. The number of benzene rings is 2. The number of amides is 1. The number of aliphatic hydroxyl groups excluding tert-OH is 1. The molecule has 0 atom stereocenters. The predicted octanol–water partition coefficient (Wildman–Crippen LogP) is 3.72. The summed E-state index contributed by atoms with van der Waals surface area (Å²) in [5.41, 5.74) is 4.27. The number of carbonyl (C=O) groups is 1. The summed E-state index contributed by atoms with van der Waals surface area (Å²) in [6, 6.07) is 19.0. The van der Waals surface area contributed by atoms with Gasteiger partial charge in [-0.05, 0) is 56.3 Å². The van der Waals surface area contributed by atoms with Crippen molar-refractivity contribution in [3.05, 3.63) is 77.6 Å². The van der Waals surface area contributed by atoms with Gasteiger partial charge in [0.25, 0.3) is 5.91 Å². The SMILES string of the molecule is Cc1cc(C(=O)Nc2ccc(OCCO)cc2)c(C)n1-c1ccccc1. The predicted molar refractivity (Wildman–Crippen MR) is 102 cm³/mol. The molecular formula is C21H22N2O3. The van der Waals surface area contributed by atoms with Crippen molar-refractivity contribution in [3.8, 4) is 11.4 Å². The molecule has 0 bridgehead atoms. The number of aromatic nitrogens is 1. The van der Waals surface area contributed by atoms with Crippen LogP contribution in [0.4, 0.5) is 5.69 Å². The van der Waals surface area contributed by atoms with Gasteiger partial charge >= 0.3 is 0 Å². The highest BCUT2D eigenvalue weighted by atomic mass is 16.5. The van der Waals surface area contributed by atoms with Crippen molar-refractivity contribution >= 4 is 11.6 Å². The molecule has 5 heteroatoms. The molecule has 1 heterocycles. The van der Waals surface area contributed by atoms with E-state index in [-0.39, 0.29) is 19.1 Å². The normalized spacial score (nSPS) is 10.6. The minimum atomic E-state index is -0.149. The number of hydrogen-bond acceptors (Lipinski definition) is 3. The molecular weight excluding hydrogens is 328 g/mol. The van der Waals surface area contributed by atoms with E-state index in [1.165, 1.54) is 0 Å². The first-order chi connectivity index (χ1) is 12.6. The van der Waals surface area contributed by atoms with Crippen LogP contribution in [0.2, 0.25) is 0 Å². The number of aliphatic hydroxyl groups is 1. The molecule has 0 aliphatic rings. The van der Waals surface area contributed by atoms with Crippen LogP contribution in [0.3, 0.4) is 0 Å². The van der Waals surface area contributed by atoms with Crippen molar-refractivity contribution in [1.82, 2.24) is 4.57 Å². The summed E-state index contributed by atoms with van der Waals surface area (Å²) in [6.07, 6.45) is 0. The molecule has 0 aliphatic heterocycles. The summed E-state index contributed by atoms with van der Waals surface area (Å²) in [7, 11) is 0. The second-order valence-electron chi connectivity index (χ2n) is 6.01. The van der Waals surface area contributed by atoms with E-state index in [1.807, 2.05) is 50.2 Å². The summed E-state index contributed by atoms with van der Waals surface area (Å²) in [5, 5.41) is 11.7. The van der Waals surface area contributed by atoms with Crippen LogP contribution in [-0.4, -0.2) is 28.8 Å². The van der Waals surface area contributed by atoms with E-state index in [1.54, 1.807) is 24.3 Å². The Labute approximate surface area is 152 Å². The summed E-state index contributed by atoms with van der Waals surface area (Å²) in [6.45, 7) is 4.15. The Bertz CT molecular complexity index is 884. The molecule has 0 unspecified atom stereocenters. The number of rotatable bonds is 6. The first-order valence-corrected chi connectivity index (χ1v) is 8.49. The van der Waals surface area contributed by atoms with Crippen molar-refractivity contribution in [2.45, 2.75) is 13.8 Å². The molecule has 0 saturated carbocycles. The maximum atomic E-state index is 12.7. The minimum absolute atomic E-state index is 0.0322. The van der Waals surface area contributed by atoms with Gasteiger partial charge < -0.3 is 19.7 Å². The molecule has 5 nitrogen and oxygen atoms in total. The minimum Gasteiger partial charge on any atom is -0.491 e. The van der Waals surface area contributed by atoms with Gasteiger partial charge in [0.2, 0.25) is 0 Å². The number of aryl methyl sites for hydroxylation is 1. The molecule has 26 heavy (non-hydrogen) atoms. The van der Waals surface area contributed by atoms with Gasteiger partial charge in [-0.25, -0.2) is 0 Å². The summed E-state index contributed by atoms with van der Waals surface area (Å²) < 4.78 is 7.39. The maximum absolute atomic E-state index is 12.7. The number of ether oxygens (including phenoxy) is 1. The molecule has 0 spiro atoms. The van der Waals surface area contributed by atoms with Gasteiger partial charge in [-0.15, -0.1) is 0 Å². The molecule has 0 aliphatic carbocycles. The first-order valence-electron chi connectivity index (χ1n) is 8.49. The van der Waals surface area contributed by atoms with Gasteiger partial charge in [0, 0.05) is 22.8 Å². The summed E-state index contributed by atoms with van der Waals surface area (Å²) in [5.74, 6) is 0.503. The van der Waals surface area contributed by atoms with Crippen molar-refractivity contribution in [2.75, 3.05) is 18.5 Å². The quantitative estimate of drug-likeness (QED) is 0.712. The maximum Gasteiger partial charge on any atom is 0.257 e. The molecule has 0 saturated heterocycles. The van der Waals surface area contributed by atoms with Gasteiger partial charge in [0.1, 0.15) is 12.4 Å². The third-order valence-corrected chi connectivity index (χ3v) is 4.16. The summed E-state index contributed by atoms with van der Waals surface area (Å²) >= 11 is 0. The number of carbonyl (C=O) groups excluding carboxylic acids is 1. The van der Waals surface area contributed by atoms with E-state index < -0.39 is 0 Å². The van der Waals surface area contributed by atoms with Crippen LogP contribution in [0.5, 0.6) is 5.75 Å². The van der Waals surface area contributed by atoms with Crippen LogP contribution in [0, 0.1) is 13.8 Å². The Hall–Kier alpha value is -3.05. The zero-order valence-corrected chi connectivity index (χ0v) is 14.9. The molecule has 0 radical (unpaired) electrons. The van der Waals surface area contributed by atoms with Crippen molar-refractivity contribution < 1.29 is 14.6 Å². The van der Waals surface area contributed by atoms with Crippen LogP contribution in [0.25, 0.3) is 5.69 Å². The van der Waals surface area contributed by atoms with Gasteiger partial charge in [-0.2, -0.15) is 0 Å². The Kier molecular flexibility index (Phi) is 5.39. The molecule has 1 aromatic heterocycles. The van der Waals surface area contributed by atoms with Crippen LogP contribution < -0.4 is 10.1 Å². The molecule has 134 valence electrons. The fourth-order valence-electron chi connectivity index (χ4n) is 2.96. The highest BCUT2D eigenvalue weighted by Gasteiger charge is 2.16.